The lowest BCUT2D eigenvalue weighted by molar-refractivity contribution is -0.137. The summed E-state index contributed by atoms with van der Waals surface area (Å²) in [4.78, 5) is 20.5. The van der Waals surface area contributed by atoms with E-state index in [0.717, 1.165) is 43.3 Å². The zero-order chi connectivity index (χ0) is 22.5. The third-order valence-electron chi connectivity index (χ3n) is 6.87. The van der Waals surface area contributed by atoms with Crippen molar-refractivity contribution < 1.29 is 4.79 Å². The Morgan fingerprint density at radius 1 is 0.969 bits per heavy atom. The summed E-state index contributed by atoms with van der Waals surface area (Å²) in [5.74, 6) is 0.110. The van der Waals surface area contributed by atoms with E-state index >= 15 is 0 Å². The maximum atomic E-state index is 13.7. The van der Waals surface area contributed by atoms with E-state index in [0.29, 0.717) is 16.6 Å². The number of piperazine rings is 1. The summed E-state index contributed by atoms with van der Waals surface area (Å²) in [7, 11) is 1.87. The summed E-state index contributed by atoms with van der Waals surface area (Å²) < 4.78 is 0. The fraction of sp³-hybridized carbons (Fsp3) is 0.500. The molecule has 2 aromatic rings. The largest absolute Gasteiger partial charge is 0.340 e. The van der Waals surface area contributed by atoms with Crippen LogP contribution in [0.4, 0.5) is 0 Å². The van der Waals surface area contributed by atoms with Crippen LogP contribution in [0, 0.1) is 0 Å². The highest BCUT2D eigenvalue weighted by Gasteiger charge is 2.34. The van der Waals surface area contributed by atoms with E-state index in [1.54, 1.807) is 11.0 Å². The summed E-state index contributed by atoms with van der Waals surface area (Å²) in [6.45, 7) is 4.38. The van der Waals surface area contributed by atoms with E-state index in [-0.39, 0.29) is 11.9 Å². The van der Waals surface area contributed by atoms with Gasteiger partial charge in [0.05, 0.1) is 0 Å². The number of hydrogen-bond donors (Lipinski definition) is 0. The third kappa shape index (κ3) is 5.85. The van der Waals surface area contributed by atoms with Crippen LogP contribution in [0.5, 0.6) is 0 Å². The fourth-order valence-electron chi connectivity index (χ4n) is 5.21. The predicted octanol–water partition coefficient (Wildman–Crippen LogP) is 5.64. The third-order valence-corrected chi connectivity index (χ3v) is 7.31. The molecule has 0 N–H and O–H groups in total. The molecule has 4 nitrogen and oxygen atoms in total. The molecule has 1 atom stereocenters. The molecule has 1 aliphatic carbocycles. The molecule has 1 aliphatic heterocycles. The topological polar surface area (TPSA) is 26.8 Å². The quantitative estimate of drug-likeness (QED) is 0.542. The van der Waals surface area contributed by atoms with Crippen LogP contribution < -0.4 is 0 Å². The predicted molar refractivity (Wildman–Crippen MR) is 132 cm³/mol. The number of rotatable bonds is 6. The average Bonchev–Trinajstić information content (AvgIpc) is 2.80. The Kier molecular flexibility index (Phi) is 8.12. The van der Waals surface area contributed by atoms with Gasteiger partial charge in [-0.05, 0) is 42.2 Å². The Labute approximate surface area is 202 Å². The normalized spacial score (nSPS) is 19.6. The lowest BCUT2D eigenvalue weighted by Crippen LogP contribution is -2.53. The SMILES string of the molecule is CN(Cc1cc(Cl)cc(Cl)c1)C(=O)C(c1ccccc1)N1CCN(C2CCCCC2)CC1. The number of halogens is 2. The van der Waals surface area contributed by atoms with Crippen molar-refractivity contribution in [2.45, 2.75) is 50.7 Å². The molecule has 32 heavy (non-hydrogen) atoms. The molecule has 0 spiro atoms. The first-order valence-electron chi connectivity index (χ1n) is 11.7. The number of carbonyl (C=O) groups is 1. The Morgan fingerprint density at radius 3 is 2.22 bits per heavy atom. The van der Waals surface area contributed by atoms with Crippen molar-refractivity contribution in [3.8, 4) is 0 Å². The smallest absolute Gasteiger partial charge is 0.244 e. The number of carbonyl (C=O) groups excluding carboxylic acids is 1. The molecular formula is C26H33Cl2N3O. The van der Waals surface area contributed by atoms with Gasteiger partial charge >= 0.3 is 0 Å². The highest BCUT2D eigenvalue weighted by atomic mass is 35.5. The molecule has 6 heteroatoms. The number of nitrogens with zero attached hydrogens (tertiary/aromatic N) is 3. The van der Waals surface area contributed by atoms with Crippen molar-refractivity contribution >= 4 is 29.1 Å². The molecule has 1 unspecified atom stereocenters. The monoisotopic (exact) mass is 473 g/mol. The van der Waals surface area contributed by atoms with Gasteiger partial charge in [-0.3, -0.25) is 14.6 Å². The molecular weight excluding hydrogens is 441 g/mol. The van der Waals surface area contributed by atoms with Crippen molar-refractivity contribution in [1.82, 2.24) is 14.7 Å². The van der Waals surface area contributed by atoms with Gasteiger partial charge in [-0.15, -0.1) is 0 Å². The van der Waals surface area contributed by atoms with E-state index in [4.69, 9.17) is 23.2 Å². The van der Waals surface area contributed by atoms with Crippen molar-refractivity contribution in [2.75, 3.05) is 33.2 Å². The van der Waals surface area contributed by atoms with Gasteiger partial charge in [0, 0.05) is 55.9 Å². The van der Waals surface area contributed by atoms with Gasteiger partial charge in [-0.25, -0.2) is 0 Å². The molecule has 2 aromatic carbocycles. The van der Waals surface area contributed by atoms with Crippen molar-refractivity contribution in [1.29, 1.82) is 0 Å². The standard InChI is InChI=1S/C26H33Cl2N3O/c1-29(19-20-16-22(27)18-23(28)17-20)26(32)25(21-8-4-2-5-9-21)31-14-12-30(13-15-31)24-10-6-3-7-11-24/h2,4-5,8-9,16-18,24-25H,3,6-7,10-15,19H2,1H3. The fourth-order valence-corrected chi connectivity index (χ4v) is 5.79. The van der Waals surface area contributed by atoms with Crippen LogP contribution in [0.1, 0.15) is 49.3 Å². The average molecular weight is 474 g/mol. The van der Waals surface area contributed by atoms with E-state index in [1.807, 2.05) is 37.4 Å². The van der Waals surface area contributed by atoms with Crippen LogP contribution in [0.25, 0.3) is 0 Å². The Morgan fingerprint density at radius 2 is 1.59 bits per heavy atom. The lowest BCUT2D eigenvalue weighted by atomic mass is 9.93. The molecule has 0 bridgehead atoms. The van der Waals surface area contributed by atoms with Gasteiger partial charge in [-0.1, -0.05) is 72.8 Å². The summed E-state index contributed by atoms with van der Waals surface area (Å²) in [6, 6.07) is 16.1. The first kappa shape index (κ1) is 23.6. The first-order chi connectivity index (χ1) is 15.5. The van der Waals surface area contributed by atoms with E-state index in [9.17, 15) is 4.79 Å². The van der Waals surface area contributed by atoms with Gasteiger partial charge in [-0.2, -0.15) is 0 Å². The molecule has 1 saturated carbocycles. The van der Waals surface area contributed by atoms with Crippen molar-refractivity contribution in [3.05, 3.63) is 69.7 Å². The molecule has 0 aromatic heterocycles. The van der Waals surface area contributed by atoms with Crippen LogP contribution in [0.3, 0.4) is 0 Å². The van der Waals surface area contributed by atoms with Crippen LogP contribution in [0.2, 0.25) is 10.0 Å². The minimum absolute atomic E-state index is 0.110. The van der Waals surface area contributed by atoms with Crippen LogP contribution >= 0.6 is 23.2 Å². The molecule has 172 valence electrons. The van der Waals surface area contributed by atoms with Crippen molar-refractivity contribution in [2.24, 2.45) is 0 Å². The molecule has 4 rings (SSSR count). The maximum absolute atomic E-state index is 13.7. The molecule has 2 fully saturated rings. The summed E-state index contributed by atoms with van der Waals surface area (Å²) in [5.41, 5.74) is 1.99. The minimum Gasteiger partial charge on any atom is -0.340 e. The molecule has 1 saturated heterocycles. The van der Waals surface area contributed by atoms with Crippen LogP contribution in [0.15, 0.2) is 48.5 Å². The van der Waals surface area contributed by atoms with Gasteiger partial charge in [0.2, 0.25) is 5.91 Å². The maximum Gasteiger partial charge on any atom is 0.244 e. The molecule has 1 heterocycles. The van der Waals surface area contributed by atoms with Gasteiger partial charge < -0.3 is 4.90 Å². The van der Waals surface area contributed by atoms with E-state index in [1.165, 1.54) is 32.1 Å². The summed E-state index contributed by atoms with van der Waals surface area (Å²) >= 11 is 12.3. The second-order valence-electron chi connectivity index (χ2n) is 9.15. The molecule has 1 amide bonds. The van der Waals surface area contributed by atoms with Gasteiger partial charge in [0.1, 0.15) is 6.04 Å². The van der Waals surface area contributed by atoms with Gasteiger partial charge in [0.25, 0.3) is 0 Å². The Balaban J connectivity index is 1.47. The zero-order valence-electron chi connectivity index (χ0n) is 18.9. The Hall–Kier alpha value is -1.59. The van der Waals surface area contributed by atoms with Gasteiger partial charge in [0.15, 0.2) is 0 Å². The second kappa shape index (κ2) is 11.0. The van der Waals surface area contributed by atoms with Crippen LogP contribution in [-0.4, -0.2) is 59.9 Å². The lowest BCUT2D eigenvalue weighted by Gasteiger charge is -2.43. The number of amides is 1. The number of benzene rings is 2. The van der Waals surface area contributed by atoms with Crippen LogP contribution in [-0.2, 0) is 11.3 Å². The van der Waals surface area contributed by atoms with E-state index in [2.05, 4.69) is 21.9 Å². The van der Waals surface area contributed by atoms with Crippen molar-refractivity contribution in [3.63, 3.8) is 0 Å². The highest BCUT2D eigenvalue weighted by molar-refractivity contribution is 6.34. The number of likely N-dealkylation sites (N-methyl/N-ethyl adjacent to an activating group) is 1. The molecule has 0 radical (unpaired) electrons. The summed E-state index contributed by atoms with van der Waals surface area (Å²) in [6.07, 6.45) is 6.74. The van der Waals surface area contributed by atoms with E-state index < -0.39 is 0 Å². The Bertz CT molecular complexity index is 873. The summed E-state index contributed by atoms with van der Waals surface area (Å²) in [5, 5.41) is 1.18. The first-order valence-corrected chi connectivity index (χ1v) is 12.5. The molecule has 2 aliphatic rings. The second-order valence-corrected chi connectivity index (χ2v) is 10.0. The highest BCUT2D eigenvalue weighted by Crippen LogP contribution is 2.29. The minimum atomic E-state index is -0.274. The zero-order valence-corrected chi connectivity index (χ0v) is 20.4. The number of hydrogen-bond acceptors (Lipinski definition) is 3.